The highest BCUT2D eigenvalue weighted by atomic mass is 16.5. The van der Waals surface area contributed by atoms with E-state index in [1.54, 1.807) is 12.4 Å². The maximum absolute atomic E-state index is 11.8. The molecule has 0 aromatic carbocycles. The van der Waals surface area contributed by atoms with E-state index >= 15 is 0 Å². The lowest BCUT2D eigenvalue weighted by Crippen LogP contribution is -2.04. The number of nitrogens with zero attached hydrogens (tertiary/aromatic N) is 1. The average Bonchev–Trinajstić information content (AvgIpc) is 2.66. The lowest BCUT2D eigenvalue weighted by atomic mass is 10.1. The molecule has 0 amide bonds. The number of allylic oxidation sites excluding steroid dienone is 2. The van der Waals surface area contributed by atoms with Crippen LogP contribution >= 0.6 is 0 Å². The molecule has 26 heavy (non-hydrogen) atoms. The predicted octanol–water partition coefficient (Wildman–Crippen LogP) is 5.56. The molecular formula is C22H33NO3. The van der Waals surface area contributed by atoms with Crippen LogP contribution in [0.3, 0.4) is 0 Å². The monoisotopic (exact) mass is 359 g/mol. The minimum atomic E-state index is -0.167. The topological polar surface area (TPSA) is 56.3 Å². The van der Waals surface area contributed by atoms with Crippen molar-refractivity contribution in [1.82, 2.24) is 4.98 Å². The summed E-state index contributed by atoms with van der Waals surface area (Å²) in [6, 6.07) is 3.71. The number of pyridine rings is 1. The molecule has 0 atom stereocenters. The highest BCUT2D eigenvalue weighted by Gasteiger charge is 2.04. The van der Waals surface area contributed by atoms with Crippen LogP contribution in [-0.2, 0) is 20.9 Å². The summed E-state index contributed by atoms with van der Waals surface area (Å²) in [6.07, 6.45) is 17.6. The average molecular weight is 360 g/mol. The lowest BCUT2D eigenvalue weighted by Gasteiger charge is -2.04. The Bertz CT molecular complexity index is 525. The summed E-state index contributed by atoms with van der Waals surface area (Å²) >= 11 is 0. The molecule has 1 heterocycles. The fraction of sp³-hybridized carbons (Fsp3) is 0.591. The molecular weight excluding hydrogens is 326 g/mol. The van der Waals surface area contributed by atoms with Crippen LogP contribution in [0.25, 0.3) is 0 Å². The number of ether oxygens (including phenoxy) is 1. The first kappa shape index (κ1) is 22.1. The van der Waals surface area contributed by atoms with Crippen molar-refractivity contribution >= 4 is 11.8 Å². The Balaban J connectivity index is 1.92. The molecule has 1 aromatic heterocycles. The van der Waals surface area contributed by atoms with Gasteiger partial charge in [-0.2, -0.15) is 0 Å². The fourth-order valence-electron chi connectivity index (χ4n) is 2.59. The molecule has 0 spiro atoms. The van der Waals surface area contributed by atoms with E-state index in [4.69, 9.17) is 4.74 Å². The zero-order chi connectivity index (χ0) is 18.9. The molecule has 0 radical (unpaired) electrons. The molecule has 4 heteroatoms. The second kappa shape index (κ2) is 15.3. The van der Waals surface area contributed by atoms with Gasteiger partial charge in [-0.15, -0.1) is 0 Å². The third kappa shape index (κ3) is 12.4. The first-order chi connectivity index (χ1) is 12.7. The number of unbranched alkanes of at least 4 members (excludes halogenated alkanes) is 5. The molecule has 144 valence electrons. The van der Waals surface area contributed by atoms with Gasteiger partial charge in [-0.25, -0.2) is 0 Å². The number of aromatic nitrogens is 1. The van der Waals surface area contributed by atoms with Gasteiger partial charge in [0.1, 0.15) is 12.4 Å². The summed E-state index contributed by atoms with van der Waals surface area (Å²) in [6.45, 7) is 2.47. The quantitative estimate of drug-likeness (QED) is 0.234. The number of hydrogen-bond acceptors (Lipinski definition) is 4. The minimum Gasteiger partial charge on any atom is -0.461 e. The van der Waals surface area contributed by atoms with Crippen molar-refractivity contribution in [3.05, 3.63) is 42.2 Å². The van der Waals surface area contributed by atoms with Crippen LogP contribution in [0.2, 0.25) is 0 Å². The Morgan fingerprint density at radius 1 is 1.00 bits per heavy atom. The molecule has 1 aromatic rings. The number of carbonyl (C=O) groups excluding carboxylic acids is 2. The number of rotatable bonds is 15. The molecule has 0 aliphatic rings. The molecule has 4 nitrogen and oxygen atoms in total. The Morgan fingerprint density at radius 2 is 1.77 bits per heavy atom. The highest BCUT2D eigenvalue weighted by molar-refractivity contribution is 5.78. The van der Waals surface area contributed by atoms with Gasteiger partial charge in [0.2, 0.25) is 0 Å². The Hall–Kier alpha value is -1.97. The first-order valence-corrected chi connectivity index (χ1v) is 9.93. The first-order valence-electron chi connectivity index (χ1n) is 9.93. The van der Waals surface area contributed by atoms with Crippen molar-refractivity contribution in [1.29, 1.82) is 0 Å². The van der Waals surface area contributed by atoms with Gasteiger partial charge in [0.05, 0.1) is 0 Å². The van der Waals surface area contributed by atoms with Crippen LogP contribution in [0, 0.1) is 0 Å². The number of esters is 1. The van der Waals surface area contributed by atoms with Gasteiger partial charge in [0.15, 0.2) is 0 Å². The normalized spacial score (nSPS) is 11.0. The van der Waals surface area contributed by atoms with Crippen LogP contribution < -0.4 is 0 Å². The molecule has 0 N–H and O–H groups in total. The van der Waals surface area contributed by atoms with Crippen molar-refractivity contribution in [3.8, 4) is 0 Å². The second-order valence-corrected chi connectivity index (χ2v) is 6.63. The molecule has 0 aliphatic carbocycles. The molecule has 0 fully saturated rings. The molecule has 1 rings (SSSR count). The SMILES string of the molecule is CCCC/C=C\CCC(=O)CCCCCCC(=O)OCc1cccnc1. The maximum atomic E-state index is 11.8. The standard InChI is InChI=1S/C22H33NO3/c1-2-3-4-5-6-9-14-21(24)15-10-7-8-11-16-22(25)26-19-20-13-12-17-23-18-20/h5-6,12-13,17-18H,2-4,7-11,14-16,19H2,1H3/b6-5-. The summed E-state index contributed by atoms with van der Waals surface area (Å²) in [4.78, 5) is 27.4. The van der Waals surface area contributed by atoms with Crippen molar-refractivity contribution in [2.24, 2.45) is 0 Å². The Kier molecular flexibility index (Phi) is 13.0. The van der Waals surface area contributed by atoms with E-state index in [0.29, 0.717) is 25.0 Å². The van der Waals surface area contributed by atoms with Crippen LogP contribution in [0.1, 0.15) is 83.1 Å². The van der Waals surface area contributed by atoms with E-state index in [0.717, 1.165) is 44.1 Å². The Labute approximate surface area is 158 Å². The number of carbonyl (C=O) groups is 2. The zero-order valence-electron chi connectivity index (χ0n) is 16.1. The zero-order valence-corrected chi connectivity index (χ0v) is 16.1. The van der Waals surface area contributed by atoms with E-state index in [9.17, 15) is 9.59 Å². The maximum Gasteiger partial charge on any atom is 0.306 e. The molecule has 0 unspecified atom stereocenters. The summed E-state index contributed by atoms with van der Waals surface area (Å²) in [7, 11) is 0. The second-order valence-electron chi connectivity index (χ2n) is 6.63. The van der Waals surface area contributed by atoms with Crippen molar-refractivity contribution < 1.29 is 14.3 Å². The van der Waals surface area contributed by atoms with Crippen LogP contribution in [0.4, 0.5) is 0 Å². The summed E-state index contributed by atoms with van der Waals surface area (Å²) in [5.74, 6) is 0.181. The third-order valence-corrected chi connectivity index (χ3v) is 4.19. The molecule has 0 bridgehead atoms. The molecule has 0 saturated heterocycles. The minimum absolute atomic E-state index is 0.167. The van der Waals surface area contributed by atoms with Gasteiger partial charge < -0.3 is 4.74 Å². The fourth-order valence-corrected chi connectivity index (χ4v) is 2.59. The van der Waals surface area contributed by atoms with Crippen LogP contribution in [0.15, 0.2) is 36.7 Å². The molecule has 0 saturated carbocycles. The molecule has 0 aliphatic heterocycles. The van der Waals surface area contributed by atoms with Gasteiger partial charge in [-0.3, -0.25) is 14.6 Å². The van der Waals surface area contributed by atoms with Crippen LogP contribution in [0.5, 0.6) is 0 Å². The Morgan fingerprint density at radius 3 is 2.50 bits per heavy atom. The van der Waals surface area contributed by atoms with Crippen molar-refractivity contribution in [2.45, 2.75) is 84.2 Å². The van der Waals surface area contributed by atoms with Gasteiger partial charge >= 0.3 is 5.97 Å². The highest BCUT2D eigenvalue weighted by Crippen LogP contribution is 2.09. The van der Waals surface area contributed by atoms with Gasteiger partial charge in [0, 0.05) is 37.2 Å². The van der Waals surface area contributed by atoms with Crippen molar-refractivity contribution in [2.75, 3.05) is 0 Å². The number of Topliss-reactive ketones (excluding diaryl/α,β-unsaturated/α-hetero) is 1. The van der Waals surface area contributed by atoms with Gasteiger partial charge in [-0.05, 0) is 31.7 Å². The third-order valence-electron chi connectivity index (χ3n) is 4.19. The van der Waals surface area contributed by atoms with E-state index in [1.165, 1.54) is 12.8 Å². The van der Waals surface area contributed by atoms with E-state index in [-0.39, 0.29) is 12.6 Å². The van der Waals surface area contributed by atoms with E-state index in [1.807, 2.05) is 12.1 Å². The predicted molar refractivity (Wildman–Crippen MR) is 105 cm³/mol. The van der Waals surface area contributed by atoms with E-state index < -0.39 is 0 Å². The summed E-state index contributed by atoms with van der Waals surface area (Å²) in [5.41, 5.74) is 0.902. The lowest BCUT2D eigenvalue weighted by molar-refractivity contribution is -0.145. The smallest absolute Gasteiger partial charge is 0.306 e. The number of hydrogen-bond donors (Lipinski definition) is 0. The number of ketones is 1. The van der Waals surface area contributed by atoms with E-state index in [2.05, 4.69) is 24.1 Å². The van der Waals surface area contributed by atoms with Gasteiger partial charge in [0.25, 0.3) is 0 Å². The van der Waals surface area contributed by atoms with Crippen molar-refractivity contribution in [3.63, 3.8) is 0 Å². The summed E-state index contributed by atoms with van der Waals surface area (Å²) in [5, 5.41) is 0. The summed E-state index contributed by atoms with van der Waals surface area (Å²) < 4.78 is 5.21. The van der Waals surface area contributed by atoms with Gasteiger partial charge in [-0.1, -0.05) is 50.8 Å². The van der Waals surface area contributed by atoms with Crippen LogP contribution in [-0.4, -0.2) is 16.7 Å². The largest absolute Gasteiger partial charge is 0.461 e.